The van der Waals surface area contributed by atoms with Gasteiger partial charge in [-0.3, -0.25) is 0 Å². The highest BCUT2D eigenvalue weighted by molar-refractivity contribution is 5.81. The summed E-state index contributed by atoms with van der Waals surface area (Å²) in [6, 6.07) is 23.5. The van der Waals surface area contributed by atoms with Crippen LogP contribution in [0.15, 0.2) is 83.4 Å². The van der Waals surface area contributed by atoms with E-state index in [1.807, 2.05) is 60.7 Å². The average Bonchev–Trinajstić information content (AvgIpc) is 3.46. The molecule has 0 spiro atoms. The maximum Gasteiger partial charge on any atom is 0.193 e. The first kappa shape index (κ1) is 24.3. The Morgan fingerprint density at radius 2 is 1.53 bits per heavy atom. The van der Waals surface area contributed by atoms with E-state index in [0.29, 0.717) is 41.1 Å². The summed E-state index contributed by atoms with van der Waals surface area (Å²) in [6.45, 7) is 2.73. The maximum absolute atomic E-state index is 14.3. The van der Waals surface area contributed by atoms with Crippen LogP contribution in [0, 0.1) is 0 Å². The largest absolute Gasteiger partial charge is 0.835 e. The van der Waals surface area contributed by atoms with Gasteiger partial charge in [0.2, 0.25) is 0 Å². The van der Waals surface area contributed by atoms with Gasteiger partial charge in [0.1, 0.15) is 18.8 Å². The molecule has 6 nitrogen and oxygen atoms in total. The molecule has 0 amide bonds. The van der Waals surface area contributed by atoms with Crippen molar-refractivity contribution >= 4 is 0 Å². The predicted octanol–water partition coefficient (Wildman–Crippen LogP) is 4.15. The van der Waals surface area contributed by atoms with Crippen LogP contribution in [0.25, 0.3) is 11.1 Å². The molecule has 6 heteroatoms. The summed E-state index contributed by atoms with van der Waals surface area (Å²) in [5, 5.41) is 14.3. The maximum atomic E-state index is 14.3. The summed E-state index contributed by atoms with van der Waals surface area (Å²) in [6.07, 6.45) is 2.56. The van der Waals surface area contributed by atoms with Gasteiger partial charge in [0, 0.05) is 5.60 Å². The van der Waals surface area contributed by atoms with Gasteiger partial charge in [-0.15, -0.1) is 0 Å². The van der Waals surface area contributed by atoms with Gasteiger partial charge in [0.25, 0.3) is 0 Å². The zero-order chi connectivity index (χ0) is 25.2. The highest BCUT2D eigenvalue weighted by Crippen LogP contribution is 2.48. The van der Waals surface area contributed by atoms with Crippen molar-refractivity contribution in [2.45, 2.75) is 18.6 Å². The van der Waals surface area contributed by atoms with Gasteiger partial charge in [-0.1, -0.05) is 60.7 Å². The minimum absolute atomic E-state index is 0.200. The number of benzene rings is 3. The summed E-state index contributed by atoms with van der Waals surface area (Å²) in [5.41, 5.74) is 2.86. The van der Waals surface area contributed by atoms with E-state index in [1.165, 1.54) is 5.56 Å². The number of fused-ring (bicyclic) bond motifs is 3. The first-order valence-corrected chi connectivity index (χ1v) is 12.3. The average molecular weight is 485 g/mol. The van der Waals surface area contributed by atoms with Crippen molar-refractivity contribution in [3.8, 4) is 16.9 Å². The van der Waals surface area contributed by atoms with Crippen molar-refractivity contribution in [1.29, 1.82) is 0 Å². The molecule has 186 valence electrons. The van der Waals surface area contributed by atoms with Crippen molar-refractivity contribution in [3.63, 3.8) is 0 Å². The van der Waals surface area contributed by atoms with E-state index in [-0.39, 0.29) is 5.89 Å². The lowest BCUT2D eigenvalue weighted by Crippen LogP contribution is -2.42. The molecule has 0 radical (unpaired) electrons. The topological polar surface area (TPSA) is 67.5 Å². The van der Waals surface area contributed by atoms with Crippen LogP contribution >= 0.6 is 0 Å². The van der Waals surface area contributed by atoms with E-state index in [0.717, 1.165) is 29.8 Å². The molecule has 0 bridgehead atoms. The molecule has 0 aliphatic heterocycles. The van der Waals surface area contributed by atoms with Gasteiger partial charge in [0.05, 0.1) is 40.6 Å². The predicted molar refractivity (Wildman–Crippen MR) is 136 cm³/mol. The van der Waals surface area contributed by atoms with Gasteiger partial charge < -0.3 is 23.5 Å². The molecule has 1 aliphatic rings. The van der Waals surface area contributed by atoms with Crippen molar-refractivity contribution in [2.75, 3.05) is 41.0 Å². The molecule has 4 aromatic rings. The third-order valence-electron chi connectivity index (χ3n) is 6.88. The molecule has 3 aromatic carbocycles. The van der Waals surface area contributed by atoms with Crippen molar-refractivity contribution in [2.24, 2.45) is 0 Å². The first-order valence-electron chi connectivity index (χ1n) is 12.3. The fourth-order valence-electron chi connectivity index (χ4n) is 4.87. The second kappa shape index (κ2) is 9.90. The number of quaternary nitrogens is 1. The lowest BCUT2D eigenvalue weighted by atomic mass is 9.91. The molecule has 0 fully saturated rings. The van der Waals surface area contributed by atoms with Gasteiger partial charge in [0.15, 0.2) is 11.7 Å². The summed E-state index contributed by atoms with van der Waals surface area (Å²) >= 11 is 0. The second-order valence-electron chi connectivity index (χ2n) is 9.93. The number of likely N-dealkylation sites (N-methyl/N-ethyl adjacent to an activating group) is 1. The van der Waals surface area contributed by atoms with Crippen LogP contribution in [0.4, 0.5) is 0 Å². The second-order valence-corrected chi connectivity index (χ2v) is 9.93. The Kier molecular flexibility index (Phi) is 6.67. The zero-order valence-corrected chi connectivity index (χ0v) is 21.1. The highest BCUT2D eigenvalue weighted by Gasteiger charge is 2.38. The van der Waals surface area contributed by atoms with Crippen LogP contribution in [0.5, 0.6) is 5.75 Å². The minimum atomic E-state index is -1.65. The van der Waals surface area contributed by atoms with E-state index in [1.54, 1.807) is 13.3 Å². The van der Waals surface area contributed by atoms with Gasteiger partial charge in [-0.05, 0) is 46.4 Å². The molecule has 36 heavy (non-hydrogen) atoms. The Morgan fingerprint density at radius 1 is 0.889 bits per heavy atom. The van der Waals surface area contributed by atoms with E-state index in [4.69, 9.17) is 13.9 Å². The van der Waals surface area contributed by atoms with Crippen LogP contribution in [0.1, 0.15) is 28.3 Å². The molecule has 0 unspecified atom stereocenters. The summed E-state index contributed by atoms with van der Waals surface area (Å²) < 4.78 is 17.9. The van der Waals surface area contributed by atoms with Gasteiger partial charge in [-0.2, -0.15) is 0 Å². The summed E-state index contributed by atoms with van der Waals surface area (Å²) in [4.78, 5) is 4.48. The Hall–Kier alpha value is -3.45. The standard InChI is InChI=1S/C30H32N2O4/c1-32(2,17-19-35-18-16-22-12-14-23(34-3)15-13-22)21-24-20-31-29(36-24)30(33)27-10-6-4-8-25(27)26-9-5-7-11-28(26)30/h4-15,20H,16-19,21H2,1-3H3. The number of methoxy groups -OCH3 is 1. The molecule has 0 atom stereocenters. The fourth-order valence-corrected chi connectivity index (χ4v) is 4.87. The molecule has 1 aliphatic carbocycles. The number of oxazole rings is 1. The number of hydrogen-bond acceptors (Lipinski definition) is 5. The van der Waals surface area contributed by atoms with Crippen molar-refractivity contribution < 1.29 is 23.5 Å². The van der Waals surface area contributed by atoms with Crippen LogP contribution in [-0.4, -0.2) is 50.4 Å². The monoisotopic (exact) mass is 484 g/mol. The van der Waals surface area contributed by atoms with Gasteiger partial charge >= 0.3 is 0 Å². The van der Waals surface area contributed by atoms with Crippen molar-refractivity contribution in [3.05, 3.63) is 107 Å². The Labute approximate surface area is 212 Å². The number of aromatic nitrogens is 1. The molecule has 0 saturated heterocycles. The lowest BCUT2D eigenvalue weighted by molar-refractivity contribution is -0.904. The smallest absolute Gasteiger partial charge is 0.193 e. The van der Waals surface area contributed by atoms with E-state index < -0.39 is 5.60 Å². The van der Waals surface area contributed by atoms with E-state index >= 15 is 0 Å². The number of ether oxygens (including phenoxy) is 2. The molecule has 5 rings (SSSR count). The number of nitrogens with zero attached hydrogens (tertiary/aromatic N) is 2. The van der Waals surface area contributed by atoms with E-state index in [9.17, 15) is 5.11 Å². The summed E-state index contributed by atoms with van der Waals surface area (Å²) in [7, 11) is 5.92. The third-order valence-corrected chi connectivity index (χ3v) is 6.88. The number of rotatable bonds is 10. The highest BCUT2D eigenvalue weighted by atomic mass is 16.5. The third kappa shape index (κ3) is 4.67. The normalized spacial score (nSPS) is 13.9. The van der Waals surface area contributed by atoms with Crippen LogP contribution in [0.3, 0.4) is 0 Å². The SMILES string of the molecule is COc1ccc(CCOCC[N+](C)(C)Cc2cnc(C3([O-])c4ccccc4-c4ccccc43)o2)cc1. The first-order chi connectivity index (χ1) is 17.4. The molecular formula is C30H32N2O4. The van der Waals surface area contributed by atoms with E-state index in [2.05, 4.69) is 31.2 Å². The molecule has 1 aromatic heterocycles. The van der Waals surface area contributed by atoms with Crippen LogP contribution in [0.2, 0.25) is 0 Å². The minimum Gasteiger partial charge on any atom is -0.835 e. The fraction of sp³-hybridized carbons (Fsp3) is 0.300. The van der Waals surface area contributed by atoms with Crippen molar-refractivity contribution in [1.82, 2.24) is 4.98 Å². The quantitative estimate of drug-likeness (QED) is 0.250. The molecule has 0 N–H and O–H groups in total. The van der Waals surface area contributed by atoms with Crippen LogP contribution < -0.4 is 9.84 Å². The van der Waals surface area contributed by atoms with Crippen LogP contribution in [-0.2, 0) is 23.3 Å². The molecular weight excluding hydrogens is 452 g/mol. The Morgan fingerprint density at radius 3 is 2.17 bits per heavy atom. The Balaban J connectivity index is 1.21. The lowest BCUT2D eigenvalue weighted by Gasteiger charge is -2.35. The number of hydrogen-bond donors (Lipinski definition) is 0. The van der Waals surface area contributed by atoms with Gasteiger partial charge in [-0.25, -0.2) is 4.98 Å². The molecule has 0 saturated carbocycles. The summed E-state index contributed by atoms with van der Waals surface area (Å²) in [5.74, 6) is 1.76. The molecule has 1 heterocycles. The zero-order valence-electron chi connectivity index (χ0n) is 21.1. The Bertz CT molecular complexity index is 1280.